The molecule has 1 N–H and O–H groups in total. The zero-order valence-corrected chi connectivity index (χ0v) is 9.82. The van der Waals surface area contributed by atoms with Crippen molar-refractivity contribution >= 4 is 34.3 Å². The molecule has 2 aromatic heterocycles. The lowest BCUT2D eigenvalue weighted by Crippen LogP contribution is -2.12. The summed E-state index contributed by atoms with van der Waals surface area (Å²) in [5.41, 5.74) is 1.74. The highest BCUT2D eigenvalue weighted by Crippen LogP contribution is 2.16. The van der Waals surface area contributed by atoms with Crippen molar-refractivity contribution in [3.05, 3.63) is 32.8 Å². The molecule has 3 nitrogen and oxygen atoms in total. The Morgan fingerprint density at radius 2 is 2.40 bits per heavy atom. The Bertz CT molecular complexity index is 448. The highest BCUT2D eigenvalue weighted by Gasteiger charge is 2.07. The van der Waals surface area contributed by atoms with Crippen molar-refractivity contribution in [3.63, 3.8) is 0 Å². The van der Waals surface area contributed by atoms with Crippen LogP contribution in [0.25, 0.3) is 0 Å². The largest absolute Gasteiger partial charge is 0.362 e. The number of thiazole rings is 1. The van der Waals surface area contributed by atoms with Gasteiger partial charge in [0.2, 0.25) is 0 Å². The van der Waals surface area contributed by atoms with E-state index in [4.69, 9.17) is 0 Å². The summed E-state index contributed by atoms with van der Waals surface area (Å²) in [4.78, 5) is 17.7. The van der Waals surface area contributed by atoms with E-state index in [2.05, 4.69) is 10.3 Å². The average molecular weight is 238 g/mol. The normalized spacial score (nSPS) is 10.2. The van der Waals surface area contributed by atoms with Crippen molar-refractivity contribution < 1.29 is 4.79 Å². The third-order valence-corrected chi connectivity index (χ3v) is 3.51. The van der Waals surface area contributed by atoms with E-state index in [9.17, 15) is 4.79 Å². The van der Waals surface area contributed by atoms with Crippen molar-refractivity contribution in [2.24, 2.45) is 0 Å². The third kappa shape index (κ3) is 2.64. The van der Waals surface area contributed by atoms with Gasteiger partial charge in [0, 0.05) is 10.3 Å². The Balaban J connectivity index is 1.93. The van der Waals surface area contributed by atoms with E-state index in [-0.39, 0.29) is 5.78 Å². The molecular formula is C10H10N2OS2. The minimum absolute atomic E-state index is 0.112. The summed E-state index contributed by atoms with van der Waals surface area (Å²) in [5, 5.41) is 4.87. The molecule has 0 fully saturated rings. The van der Waals surface area contributed by atoms with E-state index < -0.39 is 0 Å². The molecule has 0 amide bonds. The maximum Gasteiger partial charge on any atom is 0.191 e. The molecule has 15 heavy (non-hydrogen) atoms. The highest BCUT2D eigenvalue weighted by atomic mass is 32.1. The molecule has 5 heteroatoms. The highest BCUT2D eigenvalue weighted by molar-refractivity contribution is 7.14. The summed E-state index contributed by atoms with van der Waals surface area (Å²) >= 11 is 3.03. The second-order valence-electron chi connectivity index (χ2n) is 3.06. The van der Waals surface area contributed by atoms with Gasteiger partial charge in [-0.1, -0.05) is 0 Å². The molecule has 2 rings (SSSR count). The van der Waals surface area contributed by atoms with Crippen LogP contribution < -0.4 is 5.32 Å². The van der Waals surface area contributed by atoms with Gasteiger partial charge in [-0.2, -0.15) is 0 Å². The van der Waals surface area contributed by atoms with Gasteiger partial charge in [0.05, 0.1) is 16.9 Å². The van der Waals surface area contributed by atoms with Crippen LogP contribution in [0.5, 0.6) is 0 Å². The second kappa shape index (κ2) is 4.55. The molecule has 0 radical (unpaired) electrons. The molecule has 0 saturated carbocycles. The van der Waals surface area contributed by atoms with Gasteiger partial charge in [-0.15, -0.1) is 22.7 Å². The lowest BCUT2D eigenvalue weighted by Gasteiger charge is -1.99. The van der Waals surface area contributed by atoms with Crippen LogP contribution in [0.15, 0.2) is 23.0 Å². The molecule has 0 unspecified atom stereocenters. The average Bonchev–Trinajstić information content (AvgIpc) is 2.84. The molecule has 0 spiro atoms. The number of Topliss-reactive ketones (excluding diaryl/α,β-unsaturated/α-hetero) is 1. The summed E-state index contributed by atoms with van der Waals surface area (Å²) in [6, 6.07) is 3.83. The number of nitrogens with zero attached hydrogens (tertiary/aromatic N) is 1. The number of aromatic nitrogens is 1. The van der Waals surface area contributed by atoms with Crippen molar-refractivity contribution in [1.82, 2.24) is 4.98 Å². The monoisotopic (exact) mass is 238 g/mol. The second-order valence-corrected chi connectivity index (χ2v) is 5.07. The van der Waals surface area contributed by atoms with Crippen LogP contribution in [0.1, 0.15) is 14.5 Å². The van der Waals surface area contributed by atoms with Gasteiger partial charge >= 0.3 is 0 Å². The lowest BCUT2D eigenvalue weighted by molar-refractivity contribution is 0.101. The van der Waals surface area contributed by atoms with E-state index in [1.54, 1.807) is 5.51 Å². The minimum atomic E-state index is 0.112. The van der Waals surface area contributed by atoms with Crippen LogP contribution in [-0.4, -0.2) is 17.3 Å². The number of aryl methyl sites for hydroxylation is 1. The van der Waals surface area contributed by atoms with Gasteiger partial charge in [-0.25, -0.2) is 4.98 Å². The molecule has 78 valence electrons. The smallest absolute Gasteiger partial charge is 0.191 e. The SMILES string of the molecule is Cc1ccc(C(=O)CNc2cscn2)s1. The van der Waals surface area contributed by atoms with E-state index >= 15 is 0 Å². The fourth-order valence-corrected chi connectivity index (χ4v) is 2.46. The van der Waals surface area contributed by atoms with Crippen LogP contribution in [0.3, 0.4) is 0 Å². The van der Waals surface area contributed by atoms with E-state index in [1.807, 2.05) is 24.4 Å². The standard InChI is InChI=1S/C10H10N2OS2/c1-7-2-3-9(15-7)8(13)4-11-10-5-14-6-12-10/h2-3,5-6,11H,4H2,1H3. The minimum Gasteiger partial charge on any atom is -0.362 e. The van der Waals surface area contributed by atoms with Crippen molar-refractivity contribution in [1.29, 1.82) is 0 Å². The first-order chi connectivity index (χ1) is 7.25. The number of hydrogen-bond donors (Lipinski definition) is 1. The number of carbonyl (C=O) groups is 1. The number of thiophene rings is 1. The van der Waals surface area contributed by atoms with Crippen LogP contribution >= 0.6 is 22.7 Å². The van der Waals surface area contributed by atoms with Gasteiger partial charge in [0.15, 0.2) is 5.78 Å². The summed E-state index contributed by atoms with van der Waals surface area (Å²) in [7, 11) is 0. The third-order valence-electron chi connectivity index (χ3n) is 1.88. The zero-order chi connectivity index (χ0) is 10.7. The van der Waals surface area contributed by atoms with Gasteiger partial charge < -0.3 is 5.32 Å². The van der Waals surface area contributed by atoms with Crippen LogP contribution in [0.4, 0.5) is 5.82 Å². The van der Waals surface area contributed by atoms with Gasteiger partial charge in [0.25, 0.3) is 0 Å². The Morgan fingerprint density at radius 3 is 3.00 bits per heavy atom. The van der Waals surface area contributed by atoms with E-state index in [0.29, 0.717) is 6.54 Å². The molecule has 0 aliphatic rings. The van der Waals surface area contributed by atoms with E-state index in [0.717, 1.165) is 15.6 Å². The number of ketones is 1. The van der Waals surface area contributed by atoms with Gasteiger partial charge in [-0.3, -0.25) is 4.79 Å². The molecule has 0 atom stereocenters. The predicted octanol–water partition coefficient (Wildman–Crippen LogP) is 2.81. The number of anilines is 1. The Kier molecular flexibility index (Phi) is 3.13. The molecule has 0 bridgehead atoms. The quantitative estimate of drug-likeness (QED) is 0.833. The first-order valence-electron chi connectivity index (χ1n) is 4.47. The van der Waals surface area contributed by atoms with Crippen molar-refractivity contribution in [2.75, 3.05) is 11.9 Å². The Labute approximate surface area is 95.8 Å². The van der Waals surface area contributed by atoms with Crippen molar-refractivity contribution in [2.45, 2.75) is 6.92 Å². The molecule has 0 saturated heterocycles. The summed E-state index contributed by atoms with van der Waals surface area (Å²) in [6.07, 6.45) is 0. The van der Waals surface area contributed by atoms with Crippen molar-refractivity contribution in [3.8, 4) is 0 Å². The summed E-state index contributed by atoms with van der Waals surface area (Å²) < 4.78 is 0. The maximum absolute atomic E-state index is 11.7. The van der Waals surface area contributed by atoms with Crippen LogP contribution in [0, 0.1) is 6.92 Å². The van der Waals surface area contributed by atoms with Crippen LogP contribution in [0.2, 0.25) is 0 Å². The number of rotatable bonds is 4. The maximum atomic E-state index is 11.7. The fourth-order valence-electron chi connectivity index (χ4n) is 1.14. The van der Waals surface area contributed by atoms with Gasteiger partial charge in [0.1, 0.15) is 5.82 Å². The number of nitrogens with one attached hydrogen (secondary N) is 1. The molecule has 2 aromatic rings. The first kappa shape index (κ1) is 10.3. The molecular weight excluding hydrogens is 228 g/mol. The molecule has 2 heterocycles. The number of hydrogen-bond acceptors (Lipinski definition) is 5. The Morgan fingerprint density at radius 1 is 1.53 bits per heavy atom. The predicted molar refractivity (Wildman–Crippen MR) is 64.0 cm³/mol. The van der Waals surface area contributed by atoms with Gasteiger partial charge in [-0.05, 0) is 19.1 Å². The Hall–Kier alpha value is -1.20. The molecule has 0 aromatic carbocycles. The molecule has 0 aliphatic heterocycles. The lowest BCUT2D eigenvalue weighted by atomic mass is 10.3. The molecule has 0 aliphatic carbocycles. The van der Waals surface area contributed by atoms with Crippen LogP contribution in [-0.2, 0) is 0 Å². The summed E-state index contributed by atoms with van der Waals surface area (Å²) in [6.45, 7) is 2.30. The zero-order valence-electron chi connectivity index (χ0n) is 8.19. The number of carbonyl (C=O) groups excluding carboxylic acids is 1. The fraction of sp³-hybridized carbons (Fsp3) is 0.200. The summed E-state index contributed by atoms with van der Waals surface area (Å²) in [5.74, 6) is 0.878. The van der Waals surface area contributed by atoms with E-state index in [1.165, 1.54) is 22.7 Å². The topological polar surface area (TPSA) is 42.0 Å². The first-order valence-corrected chi connectivity index (χ1v) is 6.23.